The molecule has 0 aliphatic heterocycles. The first-order chi connectivity index (χ1) is 9.54. The van der Waals surface area contributed by atoms with Crippen molar-refractivity contribution in [3.05, 3.63) is 71.0 Å². The summed E-state index contributed by atoms with van der Waals surface area (Å²) in [5.41, 5.74) is 3.53. The van der Waals surface area contributed by atoms with Gasteiger partial charge in [0.05, 0.1) is 0 Å². The van der Waals surface area contributed by atoms with Gasteiger partial charge in [0.1, 0.15) is 5.82 Å². The molecule has 0 spiro atoms. The Morgan fingerprint density at radius 3 is 2.70 bits per heavy atom. The van der Waals surface area contributed by atoms with E-state index in [0.717, 1.165) is 16.8 Å². The molecule has 0 aromatic heterocycles. The standard InChI is InChI=1S/C17H16FNO/c1-12-6-7-13(2)16(10-12)19-17(20)9-8-14-4-3-5-15(18)11-14/h3-11H,1-2H3,(H,19,20). The number of amides is 1. The highest BCUT2D eigenvalue weighted by atomic mass is 19.1. The highest BCUT2D eigenvalue weighted by Gasteiger charge is 2.02. The van der Waals surface area contributed by atoms with E-state index in [9.17, 15) is 9.18 Å². The SMILES string of the molecule is Cc1ccc(C)c(NC(=O)C=Cc2cccc(F)c2)c1. The topological polar surface area (TPSA) is 29.1 Å². The van der Waals surface area contributed by atoms with Gasteiger partial charge in [-0.2, -0.15) is 0 Å². The summed E-state index contributed by atoms with van der Waals surface area (Å²) in [6.07, 6.45) is 2.99. The highest BCUT2D eigenvalue weighted by molar-refractivity contribution is 6.02. The summed E-state index contributed by atoms with van der Waals surface area (Å²) in [6, 6.07) is 12.0. The summed E-state index contributed by atoms with van der Waals surface area (Å²) in [6.45, 7) is 3.91. The molecule has 0 saturated heterocycles. The summed E-state index contributed by atoms with van der Waals surface area (Å²) >= 11 is 0. The van der Waals surface area contributed by atoms with Crippen LogP contribution in [0.1, 0.15) is 16.7 Å². The third-order valence-corrected chi connectivity index (χ3v) is 2.93. The Hall–Kier alpha value is -2.42. The molecule has 0 saturated carbocycles. The largest absolute Gasteiger partial charge is 0.322 e. The van der Waals surface area contributed by atoms with E-state index in [1.807, 2.05) is 32.0 Å². The molecule has 20 heavy (non-hydrogen) atoms. The maximum absolute atomic E-state index is 13.0. The molecule has 0 atom stereocenters. The maximum atomic E-state index is 13.0. The van der Waals surface area contributed by atoms with E-state index in [4.69, 9.17) is 0 Å². The van der Waals surface area contributed by atoms with Gasteiger partial charge in [0, 0.05) is 11.8 Å². The second-order valence-electron chi connectivity index (χ2n) is 4.70. The van der Waals surface area contributed by atoms with E-state index in [1.54, 1.807) is 18.2 Å². The third kappa shape index (κ3) is 3.79. The Kier molecular flexibility index (Phi) is 4.31. The number of carbonyl (C=O) groups excluding carboxylic acids is 1. The van der Waals surface area contributed by atoms with Crippen molar-refractivity contribution in [1.29, 1.82) is 0 Å². The first kappa shape index (κ1) is 14.0. The van der Waals surface area contributed by atoms with Crippen molar-refractivity contribution in [2.75, 3.05) is 5.32 Å². The van der Waals surface area contributed by atoms with Crippen LogP contribution in [-0.4, -0.2) is 5.91 Å². The summed E-state index contributed by atoms with van der Waals surface area (Å²) in [5.74, 6) is -0.551. The van der Waals surface area contributed by atoms with E-state index in [0.29, 0.717) is 5.56 Å². The minimum atomic E-state index is -0.318. The van der Waals surface area contributed by atoms with Crippen molar-refractivity contribution in [3.63, 3.8) is 0 Å². The van der Waals surface area contributed by atoms with Gasteiger partial charge in [-0.05, 0) is 54.8 Å². The first-order valence-electron chi connectivity index (χ1n) is 6.36. The molecule has 0 fully saturated rings. The van der Waals surface area contributed by atoms with Crippen molar-refractivity contribution >= 4 is 17.7 Å². The zero-order valence-corrected chi connectivity index (χ0v) is 11.5. The number of hydrogen-bond donors (Lipinski definition) is 1. The van der Waals surface area contributed by atoms with Crippen LogP contribution in [0.4, 0.5) is 10.1 Å². The predicted octanol–water partition coefficient (Wildman–Crippen LogP) is 4.09. The Morgan fingerprint density at radius 1 is 1.15 bits per heavy atom. The van der Waals surface area contributed by atoms with Crippen LogP contribution in [0.2, 0.25) is 0 Å². The Bertz CT molecular complexity index is 662. The van der Waals surface area contributed by atoms with Gasteiger partial charge in [-0.25, -0.2) is 4.39 Å². The molecule has 0 unspecified atom stereocenters. The molecule has 3 heteroatoms. The number of hydrogen-bond acceptors (Lipinski definition) is 1. The Labute approximate surface area is 118 Å². The molecule has 1 N–H and O–H groups in total. The molecule has 2 nitrogen and oxygen atoms in total. The van der Waals surface area contributed by atoms with Crippen LogP contribution in [0.3, 0.4) is 0 Å². The van der Waals surface area contributed by atoms with Gasteiger partial charge in [-0.15, -0.1) is 0 Å². The molecule has 0 bridgehead atoms. The van der Waals surface area contributed by atoms with Gasteiger partial charge in [0.15, 0.2) is 0 Å². The third-order valence-electron chi connectivity index (χ3n) is 2.93. The Balaban J connectivity index is 2.07. The van der Waals surface area contributed by atoms with Gasteiger partial charge < -0.3 is 5.32 Å². The maximum Gasteiger partial charge on any atom is 0.248 e. The van der Waals surface area contributed by atoms with Gasteiger partial charge in [0.25, 0.3) is 0 Å². The molecule has 0 aliphatic carbocycles. The second kappa shape index (κ2) is 6.15. The predicted molar refractivity (Wildman–Crippen MR) is 80.0 cm³/mol. The van der Waals surface area contributed by atoms with Crippen LogP contribution in [0, 0.1) is 19.7 Å². The lowest BCUT2D eigenvalue weighted by Gasteiger charge is -2.07. The number of benzene rings is 2. The van der Waals surface area contributed by atoms with Crippen LogP contribution in [0.5, 0.6) is 0 Å². The minimum absolute atomic E-state index is 0.233. The first-order valence-corrected chi connectivity index (χ1v) is 6.36. The van der Waals surface area contributed by atoms with Crippen molar-refractivity contribution < 1.29 is 9.18 Å². The summed E-state index contributed by atoms with van der Waals surface area (Å²) in [4.78, 5) is 11.8. The number of aryl methyl sites for hydroxylation is 2. The molecule has 2 rings (SSSR count). The van der Waals surface area contributed by atoms with Gasteiger partial charge in [-0.1, -0.05) is 24.3 Å². The average Bonchev–Trinajstić information content (AvgIpc) is 2.41. The molecular weight excluding hydrogens is 253 g/mol. The quantitative estimate of drug-likeness (QED) is 0.835. The van der Waals surface area contributed by atoms with E-state index in [1.165, 1.54) is 18.2 Å². The molecule has 0 radical (unpaired) electrons. The molecule has 102 valence electrons. The second-order valence-corrected chi connectivity index (χ2v) is 4.70. The number of carbonyl (C=O) groups is 1. The molecule has 0 heterocycles. The summed E-state index contributed by atoms with van der Waals surface area (Å²) in [5, 5.41) is 2.82. The summed E-state index contributed by atoms with van der Waals surface area (Å²) < 4.78 is 13.0. The number of nitrogens with one attached hydrogen (secondary N) is 1. The lowest BCUT2D eigenvalue weighted by Crippen LogP contribution is -2.09. The Morgan fingerprint density at radius 2 is 1.95 bits per heavy atom. The van der Waals surface area contributed by atoms with Crippen LogP contribution < -0.4 is 5.32 Å². The van der Waals surface area contributed by atoms with Crippen molar-refractivity contribution in [2.45, 2.75) is 13.8 Å². The fourth-order valence-corrected chi connectivity index (χ4v) is 1.83. The number of halogens is 1. The smallest absolute Gasteiger partial charge is 0.248 e. The number of rotatable bonds is 3. The van der Waals surface area contributed by atoms with E-state index >= 15 is 0 Å². The van der Waals surface area contributed by atoms with E-state index in [2.05, 4.69) is 5.32 Å². The molecule has 1 amide bonds. The van der Waals surface area contributed by atoms with Gasteiger partial charge in [0.2, 0.25) is 5.91 Å². The van der Waals surface area contributed by atoms with Crippen molar-refractivity contribution in [2.24, 2.45) is 0 Å². The van der Waals surface area contributed by atoms with Gasteiger partial charge >= 0.3 is 0 Å². The lowest BCUT2D eigenvalue weighted by molar-refractivity contribution is -0.111. The van der Waals surface area contributed by atoms with Crippen LogP contribution in [0.25, 0.3) is 6.08 Å². The molecule has 2 aromatic rings. The minimum Gasteiger partial charge on any atom is -0.322 e. The number of anilines is 1. The molecular formula is C17H16FNO. The fourth-order valence-electron chi connectivity index (χ4n) is 1.83. The van der Waals surface area contributed by atoms with Crippen molar-refractivity contribution in [1.82, 2.24) is 0 Å². The normalized spacial score (nSPS) is 10.8. The fraction of sp³-hybridized carbons (Fsp3) is 0.118. The zero-order chi connectivity index (χ0) is 14.5. The zero-order valence-electron chi connectivity index (χ0n) is 11.5. The van der Waals surface area contributed by atoms with Crippen LogP contribution in [-0.2, 0) is 4.79 Å². The monoisotopic (exact) mass is 269 g/mol. The summed E-state index contributed by atoms with van der Waals surface area (Å²) in [7, 11) is 0. The van der Waals surface area contributed by atoms with Crippen molar-refractivity contribution in [3.8, 4) is 0 Å². The van der Waals surface area contributed by atoms with Crippen LogP contribution in [0.15, 0.2) is 48.5 Å². The lowest BCUT2D eigenvalue weighted by atomic mass is 10.1. The van der Waals surface area contributed by atoms with E-state index in [-0.39, 0.29) is 11.7 Å². The van der Waals surface area contributed by atoms with E-state index < -0.39 is 0 Å². The average molecular weight is 269 g/mol. The van der Waals surface area contributed by atoms with Crippen LogP contribution >= 0.6 is 0 Å². The molecule has 0 aliphatic rings. The molecule has 2 aromatic carbocycles. The van der Waals surface area contributed by atoms with Gasteiger partial charge in [-0.3, -0.25) is 4.79 Å². The highest BCUT2D eigenvalue weighted by Crippen LogP contribution is 2.16.